The van der Waals surface area contributed by atoms with E-state index in [4.69, 9.17) is 4.74 Å². The van der Waals surface area contributed by atoms with Crippen LogP contribution in [0.25, 0.3) is 0 Å². The number of ether oxygens (including phenoxy) is 1. The zero-order valence-corrected chi connectivity index (χ0v) is 16.2. The summed E-state index contributed by atoms with van der Waals surface area (Å²) in [4.78, 5) is 32.4. The van der Waals surface area contributed by atoms with Crippen molar-refractivity contribution in [2.75, 3.05) is 12.0 Å². The molecule has 132 valence electrons. The summed E-state index contributed by atoms with van der Waals surface area (Å²) in [6.07, 6.45) is 1.78. The summed E-state index contributed by atoms with van der Waals surface area (Å²) >= 11 is 3.06. The second kappa shape index (κ2) is 7.25. The molecular weight excluding hydrogens is 356 g/mol. The molecule has 0 spiro atoms. The van der Waals surface area contributed by atoms with E-state index in [-0.39, 0.29) is 12.0 Å². The van der Waals surface area contributed by atoms with Gasteiger partial charge in [0.25, 0.3) is 0 Å². The number of hydrogen-bond acceptors (Lipinski definition) is 6. The third-order valence-corrected chi connectivity index (χ3v) is 5.66. The highest BCUT2D eigenvalue weighted by Gasteiger charge is 2.43. The van der Waals surface area contributed by atoms with Crippen molar-refractivity contribution in [1.29, 1.82) is 0 Å². The summed E-state index contributed by atoms with van der Waals surface area (Å²) in [5.41, 5.74) is 1.93. The molecular formula is C18H20N2O3S2. The fraction of sp³-hybridized carbons (Fsp3) is 0.389. The van der Waals surface area contributed by atoms with Crippen molar-refractivity contribution in [3.63, 3.8) is 0 Å². The van der Waals surface area contributed by atoms with Gasteiger partial charge in [-0.1, -0.05) is 23.9 Å². The highest BCUT2D eigenvalue weighted by Crippen LogP contribution is 2.41. The molecule has 0 N–H and O–H groups in total. The van der Waals surface area contributed by atoms with Gasteiger partial charge in [0.2, 0.25) is 5.91 Å². The number of nitrogens with zero attached hydrogens (tertiary/aromatic N) is 2. The lowest BCUT2D eigenvalue weighted by Gasteiger charge is -2.33. The number of fused-ring (bicyclic) bond motifs is 1. The van der Waals surface area contributed by atoms with Crippen LogP contribution in [-0.2, 0) is 14.3 Å². The second-order valence-corrected chi connectivity index (χ2v) is 7.90. The molecule has 0 aliphatic carbocycles. The maximum absolute atomic E-state index is 12.7. The molecule has 1 amide bonds. The van der Waals surface area contributed by atoms with Crippen LogP contribution in [0.3, 0.4) is 0 Å². The lowest BCUT2D eigenvalue weighted by Crippen LogP contribution is -2.40. The molecule has 2 heterocycles. The quantitative estimate of drug-likeness (QED) is 0.593. The predicted molar refractivity (Wildman–Crippen MR) is 102 cm³/mol. The summed E-state index contributed by atoms with van der Waals surface area (Å²) in [6, 6.07) is 7.44. The highest BCUT2D eigenvalue weighted by molar-refractivity contribution is 8.15. The molecule has 0 aromatic heterocycles. The van der Waals surface area contributed by atoms with E-state index < -0.39 is 12.0 Å². The molecule has 1 saturated heterocycles. The van der Waals surface area contributed by atoms with Gasteiger partial charge >= 0.3 is 5.97 Å². The minimum absolute atomic E-state index is 0.0370. The summed E-state index contributed by atoms with van der Waals surface area (Å²) in [5, 5.41) is 0.655. The number of carbonyl (C=O) groups is 2. The fourth-order valence-corrected chi connectivity index (χ4v) is 4.23. The van der Waals surface area contributed by atoms with Gasteiger partial charge in [0, 0.05) is 4.90 Å². The first-order valence-corrected chi connectivity index (χ1v) is 10.2. The summed E-state index contributed by atoms with van der Waals surface area (Å²) in [7, 11) is 0. The maximum Gasteiger partial charge on any atom is 0.338 e. The van der Waals surface area contributed by atoms with Crippen molar-refractivity contribution in [1.82, 2.24) is 4.90 Å². The number of hydrogen-bond donors (Lipinski definition) is 0. The maximum atomic E-state index is 12.7. The summed E-state index contributed by atoms with van der Waals surface area (Å²) in [5.74, 6) is -0.109. The van der Waals surface area contributed by atoms with Gasteiger partial charge in [-0.05, 0) is 44.7 Å². The Kier molecular flexibility index (Phi) is 5.24. The van der Waals surface area contributed by atoms with E-state index in [0.717, 1.165) is 10.5 Å². The minimum Gasteiger partial charge on any atom is -0.459 e. The van der Waals surface area contributed by atoms with Crippen molar-refractivity contribution in [2.24, 2.45) is 4.99 Å². The number of amidine groups is 1. The minimum atomic E-state index is -0.489. The van der Waals surface area contributed by atoms with Gasteiger partial charge in [-0.25, -0.2) is 9.79 Å². The van der Waals surface area contributed by atoms with E-state index in [9.17, 15) is 9.59 Å². The number of amides is 1. The van der Waals surface area contributed by atoms with Gasteiger partial charge in [-0.2, -0.15) is 0 Å². The van der Waals surface area contributed by atoms with Crippen molar-refractivity contribution in [2.45, 2.75) is 37.8 Å². The van der Waals surface area contributed by atoms with Gasteiger partial charge in [0.1, 0.15) is 0 Å². The molecule has 5 nitrogen and oxygen atoms in total. The molecule has 1 atom stereocenters. The van der Waals surface area contributed by atoms with Gasteiger partial charge < -0.3 is 4.74 Å². The first-order valence-electron chi connectivity index (χ1n) is 8.01. The largest absolute Gasteiger partial charge is 0.459 e. The third kappa shape index (κ3) is 3.48. The molecule has 1 aromatic carbocycles. The molecule has 0 radical (unpaired) electrons. The van der Waals surface area contributed by atoms with E-state index >= 15 is 0 Å². The molecule has 7 heteroatoms. The fourth-order valence-electron chi connectivity index (χ4n) is 2.88. The number of benzene rings is 1. The van der Waals surface area contributed by atoms with Gasteiger partial charge in [-0.3, -0.25) is 9.69 Å². The van der Waals surface area contributed by atoms with Crippen LogP contribution < -0.4 is 0 Å². The van der Waals surface area contributed by atoms with E-state index in [1.165, 1.54) is 11.8 Å². The number of rotatable bonds is 4. The number of thioether (sulfide) groups is 2. The standard InChI is InChI=1S/C18H20N2O3S2/c1-10(2)23-17(22)15-11(3)19-18-20(14(21)9-25-18)16(15)12-5-7-13(24-4)8-6-12/h5-8,10,16H,9H2,1-4H3/t16-/m1/s1. The Morgan fingerprint density at radius 2 is 2.04 bits per heavy atom. The Labute approximate surface area is 155 Å². The van der Waals surface area contributed by atoms with Crippen molar-refractivity contribution < 1.29 is 14.3 Å². The van der Waals surface area contributed by atoms with Gasteiger partial charge in [-0.15, -0.1) is 11.8 Å². The molecule has 2 aliphatic heterocycles. The van der Waals surface area contributed by atoms with E-state index in [1.807, 2.05) is 44.4 Å². The normalized spacial score (nSPS) is 20.0. The van der Waals surface area contributed by atoms with Crippen LogP contribution in [-0.4, -0.2) is 40.1 Å². The van der Waals surface area contributed by atoms with E-state index in [0.29, 0.717) is 22.2 Å². The molecule has 2 aliphatic rings. The molecule has 25 heavy (non-hydrogen) atoms. The SMILES string of the molecule is CSc1ccc([C@@H]2C(C(=O)OC(C)C)=C(C)N=C3SCC(=O)N32)cc1. The van der Waals surface area contributed by atoms with Crippen LogP contribution >= 0.6 is 23.5 Å². The Morgan fingerprint density at radius 3 is 2.64 bits per heavy atom. The number of esters is 1. The zero-order valence-electron chi connectivity index (χ0n) is 14.6. The van der Waals surface area contributed by atoms with Crippen LogP contribution in [0.4, 0.5) is 0 Å². The van der Waals surface area contributed by atoms with E-state index in [2.05, 4.69) is 4.99 Å². The zero-order chi connectivity index (χ0) is 18.1. The average Bonchev–Trinajstić information content (AvgIpc) is 2.93. The molecule has 0 saturated carbocycles. The first kappa shape index (κ1) is 18.1. The van der Waals surface area contributed by atoms with Gasteiger partial charge in [0.15, 0.2) is 5.17 Å². The monoisotopic (exact) mass is 376 g/mol. The first-order chi connectivity index (χ1) is 11.9. The molecule has 0 bridgehead atoms. The molecule has 3 rings (SSSR count). The third-order valence-electron chi connectivity index (χ3n) is 3.98. The number of aliphatic imine (C=N–C) groups is 1. The highest BCUT2D eigenvalue weighted by atomic mass is 32.2. The van der Waals surface area contributed by atoms with Crippen LogP contribution in [0.2, 0.25) is 0 Å². The topological polar surface area (TPSA) is 59.0 Å². The van der Waals surface area contributed by atoms with Crippen LogP contribution in [0, 0.1) is 0 Å². The second-order valence-electron chi connectivity index (χ2n) is 6.08. The van der Waals surface area contributed by atoms with Crippen molar-refractivity contribution >= 4 is 40.6 Å². The number of carbonyl (C=O) groups excluding carboxylic acids is 2. The van der Waals surface area contributed by atoms with Crippen molar-refractivity contribution in [3.05, 3.63) is 41.1 Å². The van der Waals surface area contributed by atoms with E-state index in [1.54, 1.807) is 23.6 Å². The average molecular weight is 377 g/mol. The van der Waals surface area contributed by atoms with Crippen molar-refractivity contribution in [3.8, 4) is 0 Å². The lowest BCUT2D eigenvalue weighted by molar-refractivity contribution is -0.143. The predicted octanol–water partition coefficient (Wildman–Crippen LogP) is 3.62. The van der Waals surface area contributed by atoms with Crippen LogP contribution in [0.15, 0.2) is 45.4 Å². The van der Waals surface area contributed by atoms with Crippen LogP contribution in [0.1, 0.15) is 32.4 Å². The summed E-state index contributed by atoms with van der Waals surface area (Å²) in [6.45, 7) is 5.42. The van der Waals surface area contributed by atoms with Crippen LogP contribution in [0.5, 0.6) is 0 Å². The lowest BCUT2D eigenvalue weighted by atomic mass is 9.94. The molecule has 0 unspecified atom stereocenters. The smallest absolute Gasteiger partial charge is 0.338 e. The Balaban J connectivity index is 2.09. The van der Waals surface area contributed by atoms with Gasteiger partial charge in [0.05, 0.1) is 29.2 Å². The Bertz CT molecular complexity index is 769. The Morgan fingerprint density at radius 1 is 1.36 bits per heavy atom. The Hall–Kier alpha value is -1.73. The molecule has 1 aromatic rings. The summed E-state index contributed by atoms with van der Waals surface area (Å²) < 4.78 is 5.43. The molecule has 1 fully saturated rings. The number of allylic oxidation sites excluding steroid dienone is 1.